The van der Waals surface area contributed by atoms with Gasteiger partial charge in [-0.2, -0.15) is 0 Å². The SMILES string of the molecule is CNC(CCO)CN1CCOC2CCCC21. The van der Waals surface area contributed by atoms with E-state index in [0.717, 1.165) is 26.1 Å². The maximum absolute atomic E-state index is 9.00. The van der Waals surface area contributed by atoms with Crippen molar-refractivity contribution in [1.82, 2.24) is 10.2 Å². The van der Waals surface area contributed by atoms with Crippen LogP contribution in [0.4, 0.5) is 0 Å². The highest BCUT2D eigenvalue weighted by atomic mass is 16.5. The summed E-state index contributed by atoms with van der Waals surface area (Å²) in [6, 6.07) is 1.03. The molecule has 2 fully saturated rings. The van der Waals surface area contributed by atoms with Crippen LogP contribution in [0.5, 0.6) is 0 Å². The van der Waals surface area contributed by atoms with Gasteiger partial charge in [-0.05, 0) is 32.7 Å². The first-order chi connectivity index (χ1) is 7.85. The van der Waals surface area contributed by atoms with Crippen LogP contribution in [0.3, 0.4) is 0 Å². The van der Waals surface area contributed by atoms with Crippen LogP contribution < -0.4 is 5.32 Å². The number of ether oxygens (including phenoxy) is 1. The number of nitrogens with one attached hydrogen (secondary N) is 1. The molecule has 0 aromatic rings. The van der Waals surface area contributed by atoms with Gasteiger partial charge in [0.1, 0.15) is 0 Å². The molecule has 94 valence electrons. The largest absolute Gasteiger partial charge is 0.396 e. The first-order valence-corrected chi connectivity index (χ1v) is 6.49. The standard InChI is InChI=1S/C12H24N2O2/c1-13-10(5-7-15)9-14-6-8-16-12-4-2-3-11(12)14/h10-13,15H,2-9H2,1H3. The maximum atomic E-state index is 9.00. The Bertz CT molecular complexity index is 213. The monoisotopic (exact) mass is 228 g/mol. The normalized spacial score (nSPS) is 32.6. The summed E-state index contributed by atoms with van der Waals surface area (Å²) in [7, 11) is 1.98. The van der Waals surface area contributed by atoms with E-state index in [-0.39, 0.29) is 6.61 Å². The number of morpholine rings is 1. The van der Waals surface area contributed by atoms with Crippen LogP contribution in [0.25, 0.3) is 0 Å². The van der Waals surface area contributed by atoms with Gasteiger partial charge in [-0.3, -0.25) is 4.90 Å². The molecule has 1 saturated carbocycles. The van der Waals surface area contributed by atoms with Crippen LogP contribution in [0.1, 0.15) is 25.7 Å². The zero-order chi connectivity index (χ0) is 11.4. The van der Waals surface area contributed by atoms with Gasteiger partial charge in [0, 0.05) is 31.8 Å². The Hall–Kier alpha value is -0.160. The van der Waals surface area contributed by atoms with Gasteiger partial charge in [-0.25, -0.2) is 0 Å². The van der Waals surface area contributed by atoms with Gasteiger partial charge in [-0.15, -0.1) is 0 Å². The lowest BCUT2D eigenvalue weighted by Gasteiger charge is -2.39. The highest BCUT2D eigenvalue weighted by molar-refractivity contribution is 4.90. The lowest BCUT2D eigenvalue weighted by atomic mass is 10.1. The van der Waals surface area contributed by atoms with Crippen molar-refractivity contribution in [3.05, 3.63) is 0 Å². The van der Waals surface area contributed by atoms with E-state index in [4.69, 9.17) is 9.84 Å². The number of rotatable bonds is 5. The van der Waals surface area contributed by atoms with E-state index in [9.17, 15) is 0 Å². The Morgan fingerprint density at radius 1 is 1.50 bits per heavy atom. The molecule has 2 N–H and O–H groups in total. The number of likely N-dealkylation sites (N-methyl/N-ethyl adjacent to an activating group) is 1. The first kappa shape index (κ1) is 12.3. The molecular formula is C12H24N2O2. The Balaban J connectivity index is 1.87. The van der Waals surface area contributed by atoms with Crippen LogP contribution in [-0.4, -0.2) is 61.5 Å². The summed E-state index contributed by atoms with van der Waals surface area (Å²) in [6.45, 7) is 3.23. The van der Waals surface area contributed by atoms with Crippen LogP contribution in [-0.2, 0) is 4.74 Å². The van der Waals surface area contributed by atoms with Crippen molar-refractivity contribution in [1.29, 1.82) is 0 Å². The smallest absolute Gasteiger partial charge is 0.0730 e. The van der Waals surface area contributed by atoms with Crippen LogP contribution in [0, 0.1) is 0 Å². The molecule has 4 nitrogen and oxygen atoms in total. The summed E-state index contributed by atoms with van der Waals surface area (Å²) in [4.78, 5) is 2.55. The molecule has 3 unspecified atom stereocenters. The van der Waals surface area contributed by atoms with Gasteiger partial charge >= 0.3 is 0 Å². The summed E-state index contributed by atoms with van der Waals surface area (Å²) in [5.41, 5.74) is 0. The average Bonchev–Trinajstić information content (AvgIpc) is 2.77. The molecular weight excluding hydrogens is 204 g/mol. The van der Waals surface area contributed by atoms with E-state index in [1.165, 1.54) is 19.3 Å². The van der Waals surface area contributed by atoms with Gasteiger partial charge in [0.05, 0.1) is 12.7 Å². The second-order valence-electron chi connectivity index (χ2n) is 4.90. The van der Waals surface area contributed by atoms with E-state index in [0.29, 0.717) is 18.2 Å². The van der Waals surface area contributed by atoms with E-state index >= 15 is 0 Å². The summed E-state index contributed by atoms with van der Waals surface area (Å²) < 4.78 is 5.80. The lowest BCUT2D eigenvalue weighted by molar-refractivity contribution is -0.0584. The Morgan fingerprint density at radius 2 is 2.38 bits per heavy atom. The molecule has 4 heteroatoms. The molecule has 1 aliphatic carbocycles. The van der Waals surface area contributed by atoms with Crippen LogP contribution in [0.15, 0.2) is 0 Å². The quantitative estimate of drug-likeness (QED) is 0.706. The molecule has 0 radical (unpaired) electrons. The topological polar surface area (TPSA) is 44.7 Å². The number of aliphatic hydroxyl groups is 1. The van der Waals surface area contributed by atoms with Crippen molar-refractivity contribution in [3.8, 4) is 0 Å². The molecule has 0 aromatic carbocycles. The van der Waals surface area contributed by atoms with Gasteiger partial charge < -0.3 is 15.2 Å². The fourth-order valence-corrected chi connectivity index (χ4v) is 3.00. The average molecular weight is 228 g/mol. The van der Waals surface area contributed by atoms with E-state index < -0.39 is 0 Å². The number of hydrogen-bond acceptors (Lipinski definition) is 4. The highest BCUT2D eigenvalue weighted by Crippen LogP contribution is 2.29. The predicted molar refractivity (Wildman–Crippen MR) is 63.5 cm³/mol. The summed E-state index contributed by atoms with van der Waals surface area (Å²) >= 11 is 0. The lowest BCUT2D eigenvalue weighted by Crippen LogP contribution is -2.52. The molecule has 1 saturated heterocycles. The highest BCUT2D eigenvalue weighted by Gasteiger charge is 2.36. The number of hydrogen-bond donors (Lipinski definition) is 2. The summed E-state index contributed by atoms with van der Waals surface area (Å²) in [5, 5.41) is 12.3. The molecule has 0 aromatic heterocycles. The van der Waals surface area contributed by atoms with Crippen molar-refractivity contribution in [2.45, 2.75) is 43.9 Å². The first-order valence-electron chi connectivity index (χ1n) is 6.49. The van der Waals surface area contributed by atoms with Crippen LogP contribution >= 0.6 is 0 Å². The van der Waals surface area contributed by atoms with E-state index in [1.54, 1.807) is 0 Å². The zero-order valence-electron chi connectivity index (χ0n) is 10.2. The minimum Gasteiger partial charge on any atom is -0.396 e. The number of fused-ring (bicyclic) bond motifs is 1. The number of aliphatic hydroxyl groups excluding tert-OH is 1. The molecule has 0 bridgehead atoms. The third kappa shape index (κ3) is 2.74. The van der Waals surface area contributed by atoms with Crippen molar-refractivity contribution in [2.75, 3.05) is 33.4 Å². The van der Waals surface area contributed by atoms with Crippen molar-refractivity contribution >= 4 is 0 Å². The molecule has 2 aliphatic rings. The second-order valence-corrected chi connectivity index (χ2v) is 4.90. The predicted octanol–water partition coefficient (Wildman–Crippen LogP) is 0.210. The minimum atomic E-state index is 0.268. The summed E-state index contributed by atoms with van der Waals surface area (Å²) in [6.07, 6.45) is 5.12. The number of nitrogens with zero attached hydrogens (tertiary/aromatic N) is 1. The maximum Gasteiger partial charge on any atom is 0.0730 e. The summed E-state index contributed by atoms with van der Waals surface area (Å²) in [5.74, 6) is 0. The van der Waals surface area contributed by atoms with Crippen LogP contribution in [0.2, 0.25) is 0 Å². The molecule has 0 amide bonds. The fraction of sp³-hybridized carbons (Fsp3) is 1.00. The third-order valence-corrected chi connectivity index (χ3v) is 3.94. The molecule has 1 aliphatic heterocycles. The molecule has 2 rings (SSSR count). The van der Waals surface area contributed by atoms with Crippen molar-refractivity contribution < 1.29 is 9.84 Å². The van der Waals surface area contributed by atoms with Gasteiger partial charge in [-0.1, -0.05) is 0 Å². The molecule has 3 atom stereocenters. The molecule has 0 spiro atoms. The molecule has 1 heterocycles. The fourth-order valence-electron chi connectivity index (χ4n) is 3.00. The Labute approximate surface area is 98.0 Å². The molecule has 16 heavy (non-hydrogen) atoms. The van der Waals surface area contributed by atoms with Gasteiger partial charge in [0.15, 0.2) is 0 Å². The Morgan fingerprint density at radius 3 is 3.12 bits per heavy atom. The third-order valence-electron chi connectivity index (χ3n) is 3.94. The minimum absolute atomic E-state index is 0.268. The van der Waals surface area contributed by atoms with E-state index in [2.05, 4.69) is 10.2 Å². The van der Waals surface area contributed by atoms with Crippen molar-refractivity contribution in [3.63, 3.8) is 0 Å². The van der Waals surface area contributed by atoms with Gasteiger partial charge in [0.2, 0.25) is 0 Å². The van der Waals surface area contributed by atoms with E-state index in [1.807, 2.05) is 7.05 Å². The zero-order valence-corrected chi connectivity index (χ0v) is 10.2. The van der Waals surface area contributed by atoms with Gasteiger partial charge in [0.25, 0.3) is 0 Å². The Kier molecular flexibility index (Phi) is 4.58. The van der Waals surface area contributed by atoms with Crippen molar-refractivity contribution in [2.24, 2.45) is 0 Å². The second kappa shape index (κ2) is 5.96.